The molecule has 0 fully saturated rings. The molecule has 3 nitrogen and oxygen atoms in total. The van der Waals surface area contributed by atoms with Gasteiger partial charge >= 0.3 is 0 Å². The second-order valence-electron chi connectivity index (χ2n) is 4.51. The van der Waals surface area contributed by atoms with Gasteiger partial charge < -0.3 is 5.32 Å². The minimum Gasteiger partial charge on any atom is -0.319 e. The molecule has 1 aromatic carbocycles. The minimum atomic E-state index is -0.570. The van der Waals surface area contributed by atoms with E-state index in [4.69, 9.17) is 0 Å². The van der Waals surface area contributed by atoms with Gasteiger partial charge in [-0.2, -0.15) is 5.10 Å². The zero-order chi connectivity index (χ0) is 14.0. The number of nitrogens with one attached hydrogen (secondary N) is 1. The van der Waals surface area contributed by atoms with E-state index in [0.717, 1.165) is 36.0 Å². The molecule has 0 bridgehead atoms. The van der Waals surface area contributed by atoms with Gasteiger partial charge in [-0.25, -0.2) is 8.78 Å². The molecule has 0 radical (unpaired) electrons. The Kier molecular flexibility index (Phi) is 3.95. The summed E-state index contributed by atoms with van der Waals surface area (Å²) in [5.74, 6) is -1.12. The topological polar surface area (TPSA) is 29.9 Å². The van der Waals surface area contributed by atoms with Gasteiger partial charge in [0.2, 0.25) is 0 Å². The molecule has 19 heavy (non-hydrogen) atoms. The Morgan fingerprint density at radius 2 is 2.05 bits per heavy atom. The largest absolute Gasteiger partial charge is 0.319 e. The highest BCUT2D eigenvalue weighted by molar-refractivity contribution is 5.69. The number of aryl methyl sites for hydroxylation is 2. The normalized spacial score (nSPS) is 11.0. The fraction of sp³-hybridized carbons (Fsp3) is 0.357. The van der Waals surface area contributed by atoms with Crippen LogP contribution in [0.2, 0.25) is 0 Å². The Bertz CT molecular complexity index is 591. The third-order valence-electron chi connectivity index (χ3n) is 3.15. The van der Waals surface area contributed by atoms with E-state index in [1.54, 1.807) is 4.68 Å². The second kappa shape index (κ2) is 5.48. The molecule has 1 heterocycles. The monoisotopic (exact) mass is 265 g/mol. The molecule has 0 atom stereocenters. The van der Waals surface area contributed by atoms with E-state index in [1.807, 2.05) is 21.0 Å². The maximum atomic E-state index is 13.9. The van der Waals surface area contributed by atoms with E-state index >= 15 is 0 Å². The van der Waals surface area contributed by atoms with Gasteiger partial charge in [-0.15, -0.1) is 0 Å². The number of rotatable bonds is 4. The van der Waals surface area contributed by atoms with Crippen molar-refractivity contribution in [3.05, 3.63) is 41.2 Å². The molecule has 0 aliphatic heterocycles. The van der Waals surface area contributed by atoms with Gasteiger partial charge in [-0.1, -0.05) is 0 Å². The molecule has 0 aliphatic carbocycles. The fourth-order valence-electron chi connectivity index (χ4n) is 2.28. The van der Waals surface area contributed by atoms with Crippen molar-refractivity contribution in [2.45, 2.75) is 13.3 Å². The van der Waals surface area contributed by atoms with Crippen LogP contribution in [0.5, 0.6) is 0 Å². The van der Waals surface area contributed by atoms with E-state index in [1.165, 1.54) is 12.1 Å². The summed E-state index contributed by atoms with van der Waals surface area (Å²) in [7, 11) is 3.70. The molecular weight excluding hydrogens is 248 g/mol. The Balaban J connectivity index is 2.54. The predicted octanol–water partition coefficient (Wildman–Crippen LogP) is 2.44. The summed E-state index contributed by atoms with van der Waals surface area (Å²) >= 11 is 0. The van der Waals surface area contributed by atoms with E-state index in [0.29, 0.717) is 5.56 Å². The highest BCUT2D eigenvalue weighted by Gasteiger charge is 2.18. The summed E-state index contributed by atoms with van der Waals surface area (Å²) in [5.41, 5.74) is 2.85. The smallest absolute Gasteiger partial charge is 0.134 e. The third kappa shape index (κ3) is 2.66. The molecule has 2 aromatic rings. The number of hydrogen-bond donors (Lipinski definition) is 1. The summed E-state index contributed by atoms with van der Waals surface area (Å²) in [4.78, 5) is 0. The lowest BCUT2D eigenvalue weighted by molar-refractivity contribution is 0.585. The minimum absolute atomic E-state index is 0.401. The Morgan fingerprint density at radius 3 is 2.68 bits per heavy atom. The fourth-order valence-corrected chi connectivity index (χ4v) is 2.28. The van der Waals surface area contributed by atoms with Gasteiger partial charge in [0, 0.05) is 42.9 Å². The van der Waals surface area contributed by atoms with Gasteiger partial charge in [0.05, 0.1) is 5.69 Å². The van der Waals surface area contributed by atoms with Crippen LogP contribution < -0.4 is 5.32 Å². The number of aromatic nitrogens is 2. The Morgan fingerprint density at radius 1 is 1.32 bits per heavy atom. The molecule has 102 valence electrons. The maximum Gasteiger partial charge on any atom is 0.134 e. The van der Waals surface area contributed by atoms with Crippen molar-refractivity contribution in [1.29, 1.82) is 0 Å². The second-order valence-corrected chi connectivity index (χ2v) is 4.51. The van der Waals surface area contributed by atoms with Crippen LogP contribution in [-0.2, 0) is 13.5 Å². The number of halogens is 2. The van der Waals surface area contributed by atoms with Crippen LogP contribution in [0.25, 0.3) is 11.1 Å². The van der Waals surface area contributed by atoms with Crippen molar-refractivity contribution in [1.82, 2.24) is 15.1 Å². The van der Waals surface area contributed by atoms with Crippen LogP contribution >= 0.6 is 0 Å². The van der Waals surface area contributed by atoms with Gasteiger partial charge in [0.1, 0.15) is 11.6 Å². The Labute approximate surface area is 111 Å². The quantitative estimate of drug-likeness (QED) is 0.920. The van der Waals surface area contributed by atoms with Crippen molar-refractivity contribution in [2.24, 2.45) is 7.05 Å². The predicted molar refractivity (Wildman–Crippen MR) is 70.9 cm³/mol. The zero-order valence-electron chi connectivity index (χ0n) is 11.3. The maximum absolute atomic E-state index is 13.9. The van der Waals surface area contributed by atoms with Crippen molar-refractivity contribution in [2.75, 3.05) is 13.6 Å². The first kappa shape index (κ1) is 13.7. The highest BCUT2D eigenvalue weighted by Crippen LogP contribution is 2.29. The zero-order valence-corrected chi connectivity index (χ0v) is 11.3. The summed E-state index contributed by atoms with van der Waals surface area (Å²) in [5, 5.41) is 7.39. The number of hydrogen-bond acceptors (Lipinski definition) is 2. The molecule has 5 heteroatoms. The van der Waals surface area contributed by atoms with Crippen molar-refractivity contribution < 1.29 is 8.78 Å². The summed E-state index contributed by atoms with van der Waals surface area (Å²) < 4.78 is 28.7. The number of likely N-dealkylation sites (N-methyl/N-ethyl adjacent to an activating group) is 1. The first-order valence-electron chi connectivity index (χ1n) is 6.17. The molecule has 0 saturated heterocycles. The third-order valence-corrected chi connectivity index (χ3v) is 3.15. The molecule has 1 aromatic heterocycles. The number of nitrogens with zero attached hydrogens (tertiary/aromatic N) is 2. The lowest BCUT2D eigenvalue weighted by Gasteiger charge is -2.08. The van der Waals surface area contributed by atoms with Crippen LogP contribution in [0, 0.1) is 18.6 Å². The molecule has 0 unspecified atom stereocenters. The Hall–Kier alpha value is -1.75. The van der Waals surface area contributed by atoms with E-state index in [-0.39, 0.29) is 0 Å². The van der Waals surface area contributed by atoms with Crippen LogP contribution in [0.4, 0.5) is 8.78 Å². The molecule has 2 rings (SSSR count). The average molecular weight is 265 g/mol. The van der Waals surface area contributed by atoms with Gasteiger partial charge in [0.25, 0.3) is 0 Å². The SMILES string of the molecule is CNCCc1c(-c2ccc(F)cc2F)c(C)nn1C. The highest BCUT2D eigenvalue weighted by atomic mass is 19.1. The van der Waals surface area contributed by atoms with Crippen molar-refractivity contribution in [3.63, 3.8) is 0 Å². The first-order valence-corrected chi connectivity index (χ1v) is 6.17. The molecular formula is C14H17F2N3. The van der Waals surface area contributed by atoms with Gasteiger partial charge in [-0.3, -0.25) is 4.68 Å². The van der Waals surface area contributed by atoms with Crippen LogP contribution in [0.3, 0.4) is 0 Å². The van der Waals surface area contributed by atoms with E-state index in [9.17, 15) is 8.78 Å². The first-order chi connectivity index (χ1) is 9.04. The molecule has 0 amide bonds. The lowest BCUT2D eigenvalue weighted by Crippen LogP contribution is -2.13. The van der Waals surface area contributed by atoms with Gasteiger partial charge in [-0.05, 0) is 26.1 Å². The molecule has 0 spiro atoms. The van der Waals surface area contributed by atoms with Crippen molar-refractivity contribution >= 4 is 0 Å². The molecule has 1 N–H and O–H groups in total. The van der Waals surface area contributed by atoms with Crippen LogP contribution in [-0.4, -0.2) is 23.4 Å². The van der Waals surface area contributed by atoms with Crippen LogP contribution in [0.1, 0.15) is 11.4 Å². The average Bonchev–Trinajstić information content (AvgIpc) is 2.62. The summed E-state index contributed by atoms with van der Waals surface area (Å²) in [6.45, 7) is 2.61. The molecule has 0 aliphatic rings. The molecule has 0 saturated carbocycles. The standard InChI is InChI=1S/C14H17F2N3/c1-9-14(11-5-4-10(15)8-12(11)16)13(6-7-17-2)19(3)18-9/h4-5,8,17H,6-7H2,1-3H3. The number of benzene rings is 1. The lowest BCUT2D eigenvalue weighted by atomic mass is 10.0. The van der Waals surface area contributed by atoms with Crippen LogP contribution in [0.15, 0.2) is 18.2 Å². The van der Waals surface area contributed by atoms with Gasteiger partial charge in [0.15, 0.2) is 0 Å². The van der Waals surface area contributed by atoms with E-state index in [2.05, 4.69) is 10.4 Å². The van der Waals surface area contributed by atoms with Crippen molar-refractivity contribution in [3.8, 4) is 11.1 Å². The summed E-state index contributed by atoms with van der Waals surface area (Å²) in [6.07, 6.45) is 0.736. The van der Waals surface area contributed by atoms with E-state index < -0.39 is 11.6 Å². The summed E-state index contributed by atoms with van der Waals surface area (Å²) in [6, 6.07) is 3.65.